The molecule has 3 heteroatoms. The minimum atomic E-state index is -0.405. The van der Waals surface area contributed by atoms with Crippen LogP contribution in [0.15, 0.2) is 0 Å². The Hall–Kier alpha value is -0.570. The molecule has 0 aliphatic carbocycles. The minimum absolute atomic E-state index is 0.216. The number of carbonyl (C=O) groups excluding carboxylic acids is 1. The first-order valence-electron chi connectivity index (χ1n) is 4.83. The Morgan fingerprint density at radius 2 is 2.08 bits per heavy atom. The molecular weight excluding hydrogens is 168 g/mol. The molecule has 0 radical (unpaired) electrons. The Labute approximate surface area is 79.4 Å². The van der Waals surface area contributed by atoms with E-state index >= 15 is 0 Å². The fraction of sp³-hybridized carbons (Fsp3) is 0.900. The van der Waals surface area contributed by atoms with Crippen molar-refractivity contribution in [2.24, 2.45) is 0 Å². The van der Waals surface area contributed by atoms with Gasteiger partial charge < -0.3 is 9.47 Å². The Kier molecular flexibility index (Phi) is 3.31. The van der Waals surface area contributed by atoms with Crippen LogP contribution in [-0.2, 0) is 14.3 Å². The van der Waals surface area contributed by atoms with Crippen LogP contribution >= 0.6 is 0 Å². The van der Waals surface area contributed by atoms with Gasteiger partial charge in [-0.15, -0.1) is 0 Å². The van der Waals surface area contributed by atoms with Gasteiger partial charge in [-0.1, -0.05) is 0 Å². The van der Waals surface area contributed by atoms with Gasteiger partial charge in [-0.05, 0) is 40.0 Å². The largest absolute Gasteiger partial charge is 0.458 e. The molecule has 0 aromatic carbocycles. The van der Waals surface area contributed by atoms with Crippen molar-refractivity contribution >= 4 is 5.97 Å². The quantitative estimate of drug-likeness (QED) is 0.587. The Morgan fingerprint density at radius 1 is 1.38 bits per heavy atom. The maximum Gasteiger partial charge on any atom is 0.335 e. The molecule has 1 atom stereocenters. The molecule has 0 N–H and O–H groups in total. The molecule has 1 aliphatic heterocycles. The molecule has 1 fully saturated rings. The second-order valence-corrected chi connectivity index (χ2v) is 4.39. The molecule has 0 aromatic heterocycles. The third-order valence-electron chi connectivity index (χ3n) is 1.85. The van der Waals surface area contributed by atoms with Gasteiger partial charge in [0.25, 0.3) is 0 Å². The van der Waals surface area contributed by atoms with Crippen LogP contribution in [-0.4, -0.2) is 24.3 Å². The van der Waals surface area contributed by atoms with Crippen LogP contribution < -0.4 is 0 Å². The lowest BCUT2D eigenvalue weighted by atomic mass is 10.1. The predicted molar refractivity (Wildman–Crippen MR) is 49.4 cm³/mol. The molecule has 0 bridgehead atoms. The van der Waals surface area contributed by atoms with Gasteiger partial charge in [0.15, 0.2) is 6.10 Å². The van der Waals surface area contributed by atoms with E-state index in [0.717, 1.165) is 19.3 Å². The van der Waals surface area contributed by atoms with Gasteiger partial charge in [0.2, 0.25) is 0 Å². The van der Waals surface area contributed by atoms with Crippen LogP contribution in [0, 0.1) is 0 Å². The van der Waals surface area contributed by atoms with Gasteiger partial charge in [0, 0.05) is 6.61 Å². The van der Waals surface area contributed by atoms with Gasteiger partial charge in [0.05, 0.1) is 0 Å². The highest BCUT2D eigenvalue weighted by Crippen LogP contribution is 2.17. The van der Waals surface area contributed by atoms with E-state index in [1.165, 1.54) is 0 Å². The SMILES string of the molecule is CC(C)(C)OC(=O)[C@H]1CCCCO1. The number of esters is 1. The van der Waals surface area contributed by atoms with Crippen LogP contribution in [0.3, 0.4) is 0 Å². The summed E-state index contributed by atoms with van der Waals surface area (Å²) in [6, 6.07) is 0. The van der Waals surface area contributed by atoms with E-state index in [2.05, 4.69) is 0 Å². The monoisotopic (exact) mass is 186 g/mol. The zero-order valence-corrected chi connectivity index (χ0v) is 8.63. The first-order chi connectivity index (χ1) is 5.99. The van der Waals surface area contributed by atoms with Crippen molar-refractivity contribution in [3.8, 4) is 0 Å². The second-order valence-electron chi connectivity index (χ2n) is 4.39. The summed E-state index contributed by atoms with van der Waals surface area (Å²) in [5.41, 5.74) is -0.405. The number of rotatable bonds is 1. The molecule has 1 rings (SSSR count). The summed E-state index contributed by atoms with van der Waals surface area (Å²) in [7, 11) is 0. The average molecular weight is 186 g/mol. The van der Waals surface area contributed by atoms with Crippen LogP contribution in [0.4, 0.5) is 0 Å². The van der Waals surface area contributed by atoms with Crippen molar-refractivity contribution in [1.29, 1.82) is 0 Å². The number of ether oxygens (including phenoxy) is 2. The molecule has 0 saturated carbocycles. The van der Waals surface area contributed by atoms with E-state index in [9.17, 15) is 4.79 Å². The normalized spacial score (nSPS) is 24.1. The highest BCUT2D eigenvalue weighted by Gasteiger charge is 2.27. The number of carbonyl (C=O) groups is 1. The number of hydrogen-bond donors (Lipinski definition) is 0. The highest BCUT2D eigenvalue weighted by atomic mass is 16.6. The van der Waals surface area contributed by atoms with Crippen molar-refractivity contribution in [2.45, 2.75) is 51.7 Å². The standard InChI is InChI=1S/C10H18O3/c1-10(2,3)13-9(11)8-6-4-5-7-12-8/h8H,4-7H2,1-3H3/t8-/m1/s1. The molecular formula is C10H18O3. The van der Waals surface area contributed by atoms with Crippen molar-refractivity contribution < 1.29 is 14.3 Å². The van der Waals surface area contributed by atoms with Crippen LogP contribution in [0.25, 0.3) is 0 Å². The van der Waals surface area contributed by atoms with E-state index in [1.54, 1.807) is 0 Å². The molecule has 13 heavy (non-hydrogen) atoms. The van der Waals surface area contributed by atoms with Crippen LogP contribution in [0.5, 0.6) is 0 Å². The Bertz CT molecular complexity index is 175. The molecule has 0 spiro atoms. The van der Waals surface area contributed by atoms with Crippen molar-refractivity contribution in [3.05, 3.63) is 0 Å². The topological polar surface area (TPSA) is 35.5 Å². The van der Waals surface area contributed by atoms with Gasteiger partial charge in [-0.25, -0.2) is 4.79 Å². The Morgan fingerprint density at radius 3 is 2.54 bits per heavy atom. The zero-order valence-electron chi connectivity index (χ0n) is 8.63. The molecule has 1 aliphatic rings. The third-order valence-corrected chi connectivity index (χ3v) is 1.85. The summed E-state index contributed by atoms with van der Waals surface area (Å²) in [6.45, 7) is 6.29. The van der Waals surface area contributed by atoms with Crippen LogP contribution in [0.1, 0.15) is 40.0 Å². The summed E-state index contributed by atoms with van der Waals surface area (Å²) < 4.78 is 10.5. The lowest BCUT2D eigenvalue weighted by Crippen LogP contribution is -2.35. The van der Waals surface area contributed by atoms with E-state index < -0.39 is 5.60 Å². The lowest BCUT2D eigenvalue weighted by molar-refractivity contribution is -0.171. The maximum atomic E-state index is 11.5. The van der Waals surface area contributed by atoms with Crippen LogP contribution in [0.2, 0.25) is 0 Å². The molecule has 0 amide bonds. The minimum Gasteiger partial charge on any atom is -0.458 e. The van der Waals surface area contributed by atoms with Gasteiger partial charge >= 0.3 is 5.97 Å². The van der Waals surface area contributed by atoms with E-state index in [0.29, 0.717) is 6.61 Å². The summed E-state index contributed by atoms with van der Waals surface area (Å²) >= 11 is 0. The summed E-state index contributed by atoms with van der Waals surface area (Å²) in [6.07, 6.45) is 2.59. The van der Waals surface area contributed by atoms with E-state index in [1.807, 2.05) is 20.8 Å². The molecule has 0 aromatic rings. The summed E-state index contributed by atoms with van der Waals surface area (Å²) in [4.78, 5) is 11.5. The maximum absolute atomic E-state index is 11.5. The van der Waals surface area contributed by atoms with Crippen molar-refractivity contribution in [3.63, 3.8) is 0 Å². The molecule has 0 unspecified atom stereocenters. The fourth-order valence-electron chi connectivity index (χ4n) is 1.29. The third kappa shape index (κ3) is 3.77. The van der Waals surface area contributed by atoms with E-state index in [-0.39, 0.29) is 12.1 Å². The first-order valence-corrected chi connectivity index (χ1v) is 4.83. The summed E-state index contributed by atoms with van der Waals surface area (Å²) in [5.74, 6) is -0.216. The predicted octanol–water partition coefficient (Wildman–Crippen LogP) is 1.90. The average Bonchev–Trinajstić information content (AvgIpc) is 2.03. The number of hydrogen-bond acceptors (Lipinski definition) is 3. The second kappa shape index (κ2) is 4.09. The van der Waals surface area contributed by atoms with Gasteiger partial charge in [0.1, 0.15) is 5.60 Å². The molecule has 1 heterocycles. The Balaban J connectivity index is 2.38. The van der Waals surface area contributed by atoms with E-state index in [4.69, 9.17) is 9.47 Å². The lowest BCUT2D eigenvalue weighted by Gasteiger charge is -2.26. The molecule has 3 nitrogen and oxygen atoms in total. The first kappa shape index (κ1) is 10.5. The molecule has 1 saturated heterocycles. The zero-order chi connectivity index (χ0) is 9.90. The fourth-order valence-corrected chi connectivity index (χ4v) is 1.29. The smallest absolute Gasteiger partial charge is 0.335 e. The molecule has 76 valence electrons. The van der Waals surface area contributed by atoms with Crippen molar-refractivity contribution in [1.82, 2.24) is 0 Å². The summed E-state index contributed by atoms with van der Waals surface area (Å²) in [5, 5.41) is 0. The van der Waals surface area contributed by atoms with Gasteiger partial charge in [-0.2, -0.15) is 0 Å². The highest BCUT2D eigenvalue weighted by molar-refractivity contribution is 5.75. The van der Waals surface area contributed by atoms with Gasteiger partial charge in [-0.3, -0.25) is 0 Å². The van der Waals surface area contributed by atoms with Crippen molar-refractivity contribution in [2.75, 3.05) is 6.61 Å².